The van der Waals surface area contributed by atoms with Crippen LogP contribution in [0.15, 0.2) is 0 Å². The highest BCUT2D eigenvalue weighted by Crippen LogP contribution is 2.28. The first-order chi connectivity index (χ1) is 4.75. The van der Waals surface area contributed by atoms with E-state index in [9.17, 15) is 4.79 Å². The van der Waals surface area contributed by atoms with Crippen LogP contribution in [-0.4, -0.2) is 11.8 Å². The van der Waals surface area contributed by atoms with E-state index in [2.05, 4.69) is 0 Å². The zero-order valence-corrected chi connectivity index (χ0v) is 6.47. The molecule has 0 spiro atoms. The van der Waals surface area contributed by atoms with Gasteiger partial charge in [-0.3, -0.25) is 4.79 Å². The lowest BCUT2D eigenvalue weighted by Gasteiger charge is -2.25. The molecule has 0 aromatic heterocycles. The molecule has 0 radical (unpaired) electrons. The molecule has 0 bridgehead atoms. The average Bonchev–Trinajstić information content (AvgIpc) is 1.82. The summed E-state index contributed by atoms with van der Waals surface area (Å²) in [4.78, 5) is 11.2. The third-order valence-corrected chi connectivity index (χ3v) is 2.31. The molecule has 1 saturated carbocycles. The number of hydrogen-bond acceptors (Lipinski definition) is 2. The van der Waals surface area contributed by atoms with Crippen molar-refractivity contribution in [2.75, 3.05) is 0 Å². The highest BCUT2D eigenvalue weighted by molar-refractivity contribution is 5.86. The molecule has 0 aromatic carbocycles. The second-order valence-corrected chi connectivity index (χ2v) is 3.04. The van der Waals surface area contributed by atoms with E-state index in [0.29, 0.717) is 5.92 Å². The summed E-state index contributed by atoms with van der Waals surface area (Å²) in [6.45, 7) is 1.96. The van der Waals surface area contributed by atoms with Gasteiger partial charge in [0.1, 0.15) is 0 Å². The molecule has 1 aliphatic carbocycles. The van der Waals surface area contributed by atoms with Crippen LogP contribution in [0.3, 0.4) is 0 Å². The van der Waals surface area contributed by atoms with Gasteiger partial charge in [0.2, 0.25) is 0 Å². The van der Waals surface area contributed by atoms with Gasteiger partial charge in [-0.2, -0.15) is 0 Å². The maximum absolute atomic E-state index is 11.2. The monoisotopic (exact) mass is 141 g/mol. The number of nitrogens with two attached hydrogens (primary N) is 1. The second-order valence-electron chi connectivity index (χ2n) is 3.04. The normalized spacial score (nSPS) is 21.8. The molecule has 0 saturated heterocycles. The van der Waals surface area contributed by atoms with Crippen molar-refractivity contribution in [3.8, 4) is 0 Å². The summed E-state index contributed by atoms with van der Waals surface area (Å²) in [6.07, 6.45) is 4.15. The van der Waals surface area contributed by atoms with E-state index in [4.69, 9.17) is 5.73 Å². The van der Waals surface area contributed by atoms with E-state index in [1.165, 1.54) is 6.42 Å². The molecule has 0 aromatic rings. The third-order valence-electron chi connectivity index (χ3n) is 2.31. The molecule has 58 valence electrons. The molecular formula is C8H15NO. The van der Waals surface area contributed by atoms with Gasteiger partial charge in [0.05, 0.1) is 6.04 Å². The first-order valence-corrected chi connectivity index (χ1v) is 4.05. The number of Topliss-reactive ketones (excluding diaryl/α,β-unsaturated/α-hetero) is 1. The largest absolute Gasteiger partial charge is 0.322 e. The molecule has 0 aliphatic heterocycles. The first-order valence-electron chi connectivity index (χ1n) is 4.05. The average molecular weight is 141 g/mol. The minimum atomic E-state index is -0.190. The summed E-state index contributed by atoms with van der Waals surface area (Å²) in [5, 5.41) is 0. The van der Waals surface area contributed by atoms with E-state index >= 15 is 0 Å². The smallest absolute Gasteiger partial charge is 0.152 e. The molecule has 0 amide bonds. The lowest BCUT2D eigenvalue weighted by atomic mass is 9.79. The molecule has 2 N–H and O–H groups in total. The Morgan fingerprint density at radius 2 is 2.30 bits per heavy atom. The van der Waals surface area contributed by atoms with Crippen LogP contribution in [0.2, 0.25) is 0 Å². The molecule has 1 fully saturated rings. The van der Waals surface area contributed by atoms with Gasteiger partial charge in [0.15, 0.2) is 5.78 Å². The molecule has 0 heterocycles. The van der Waals surface area contributed by atoms with Crippen LogP contribution >= 0.6 is 0 Å². The summed E-state index contributed by atoms with van der Waals surface area (Å²) in [7, 11) is 0. The third kappa shape index (κ3) is 1.37. The summed E-state index contributed by atoms with van der Waals surface area (Å²) >= 11 is 0. The van der Waals surface area contributed by atoms with Crippen LogP contribution in [0.25, 0.3) is 0 Å². The standard InChI is InChI=1S/C8H15NO/c1-2-7(9)8(10)6-4-3-5-6/h6-7H,2-5,9H2,1H3/t7-/m1/s1. The van der Waals surface area contributed by atoms with Crippen LogP contribution in [0.5, 0.6) is 0 Å². The molecule has 1 rings (SSSR count). The second kappa shape index (κ2) is 3.15. The highest BCUT2D eigenvalue weighted by Gasteiger charge is 2.27. The van der Waals surface area contributed by atoms with Crippen LogP contribution in [-0.2, 0) is 4.79 Å². The van der Waals surface area contributed by atoms with Crippen molar-refractivity contribution in [3.63, 3.8) is 0 Å². The van der Waals surface area contributed by atoms with Gasteiger partial charge in [0.25, 0.3) is 0 Å². The molecule has 1 atom stereocenters. The predicted molar refractivity (Wildman–Crippen MR) is 40.6 cm³/mol. The Labute approximate surface area is 61.8 Å². The zero-order valence-electron chi connectivity index (χ0n) is 6.47. The minimum absolute atomic E-state index is 0.190. The zero-order chi connectivity index (χ0) is 7.56. The van der Waals surface area contributed by atoms with E-state index < -0.39 is 0 Å². The summed E-state index contributed by atoms with van der Waals surface area (Å²) in [5.41, 5.74) is 5.58. The van der Waals surface area contributed by atoms with Gasteiger partial charge in [-0.25, -0.2) is 0 Å². The van der Waals surface area contributed by atoms with Crippen molar-refractivity contribution in [2.45, 2.75) is 38.6 Å². The Morgan fingerprint density at radius 3 is 2.60 bits per heavy atom. The van der Waals surface area contributed by atoms with Gasteiger partial charge in [-0.15, -0.1) is 0 Å². The highest BCUT2D eigenvalue weighted by atomic mass is 16.1. The van der Waals surface area contributed by atoms with E-state index in [1.54, 1.807) is 0 Å². The van der Waals surface area contributed by atoms with E-state index in [0.717, 1.165) is 19.3 Å². The molecular weight excluding hydrogens is 126 g/mol. The topological polar surface area (TPSA) is 43.1 Å². The van der Waals surface area contributed by atoms with Crippen molar-refractivity contribution >= 4 is 5.78 Å². The number of hydrogen-bond donors (Lipinski definition) is 1. The molecule has 2 heteroatoms. The molecule has 10 heavy (non-hydrogen) atoms. The van der Waals surface area contributed by atoms with Crippen LogP contribution in [0.1, 0.15) is 32.6 Å². The Bertz CT molecular complexity index is 122. The predicted octanol–water partition coefficient (Wildman–Crippen LogP) is 1.09. The fourth-order valence-corrected chi connectivity index (χ4v) is 1.20. The van der Waals surface area contributed by atoms with Crippen molar-refractivity contribution in [2.24, 2.45) is 11.7 Å². The lowest BCUT2D eigenvalue weighted by Crippen LogP contribution is -2.37. The quantitative estimate of drug-likeness (QED) is 0.639. The number of carbonyl (C=O) groups is 1. The van der Waals surface area contributed by atoms with Crippen molar-refractivity contribution in [1.29, 1.82) is 0 Å². The fraction of sp³-hybridized carbons (Fsp3) is 0.875. The molecule has 2 nitrogen and oxygen atoms in total. The molecule has 0 unspecified atom stereocenters. The Kier molecular flexibility index (Phi) is 2.44. The number of ketones is 1. The van der Waals surface area contributed by atoms with E-state index in [1.807, 2.05) is 6.92 Å². The lowest BCUT2D eigenvalue weighted by molar-refractivity contribution is -0.126. The van der Waals surface area contributed by atoms with Gasteiger partial charge in [0, 0.05) is 5.92 Å². The van der Waals surface area contributed by atoms with Gasteiger partial charge >= 0.3 is 0 Å². The van der Waals surface area contributed by atoms with Crippen molar-refractivity contribution < 1.29 is 4.79 Å². The van der Waals surface area contributed by atoms with Gasteiger partial charge in [-0.1, -0.05) is 13.3 Å². The van der Waals surface area contributed by atoms with Crippen LogP contribution < -0.4 is 5.73 Å². The first kappa shape index (κ1) is 7.73. The summed E-state index contributed by atoms with van der Waals surface area (Å²) in [5.74, 6) is 0.601. The Hall–Kier alpha value is -0.370. The van der Waals surface area contributed by atoms with Gasteiger partial charge < -0.3 is 5.73 Å². The van der Waals surface area contributed by atoms with Crippen molar-refractivity contribution in [3.05, 3.63) is 0 Å². The maximum Gasteiger partial charge on any atom is 0.152 e. The molecule has 1 aliphatic rings. The maximum atomic E-state index is 11.2. The SMILES string of the molecule is CC[C@@H](N)C(=O)C1CCC1. The number of rotatable bonds is 3. The van der Waals surface area contributed by atoms with Crippen LogP contribution in [0, 0.1) is 5.92 Å². The van der Waals surface area contributed by atoms with E-state index in [-0.39, 0.29) is 11.8 Å². The Morgan fingerprint density at radius 1 is 1.70 bits per heavy atom. The summed E-state index contributed by atoms with van der Waals surface area (Å²) in [6, 6.07) is -0.190. The van der Waals surface area contributed by atoms with Crippen molar-refractivity contribution in [1.82, 2.24) is 0 Å². The minimum Gasteiger partial charge on any atom is -0.322 e. The fourth-order valence-electron chi connectivity index (χ4n) is 1.20. The summed E-state index contributed by atoms with van der Waals surface area (Å²) < 4.78 is 0. The Balaban J connectivity index is 2.32. The number of carbonyl (C=O) groups excluding carboxylic acids is 1. The van der Waals surface area contributed by atoms with Crippen LogP contribution in [0.4, 0.5) is 0 Å². The van der Waals surface area contributed by atoms with Gasteiger partial charge in [-0.05, 0) is 19.3 Å².